The normalized spacial score (nSPS) is 13.4. The van der Waals surface area contributed by atoms with Crippen LogP contribution in [0.2, 0.25) is 0 Å². The minimum atomic E-state index is -0.416. The maximum absolute atomic E-state index is 12.6. The number of rotatable bonds is 2. The fourth-order valence-electron chi connectivity index (χ4n) is 2.84. The van der Waals surface area contributed by atoms with E-state index in [0.29, 0.717) is 42.0 Å². The molecule has 0 unspecified atom stereocenters. The van der Waals surface area contributed by atoms with Crippen molar-refractivity contribution < 1.29 is 9.53 Å². The molecular formula is C17H14N2O3. The predicted molar refractivity (Wildman–Crippen MR) is 80.6 cm³/mol. The minimum absolute atomic E-state index is 0.0265. The number of nitrogens with zero attached hydrogens (tertiary/aromatic N) is 2. The molecule has 0 fully saturated rings. The molecule has 2 aromatic rings. The fourth-order valence-corrected chi connectivity index (χ4v) is 2.84. The molecule has 0 spiro atoms. The van der Waals surface area contributed by atoms with Crippen LogP contribution in [0.3, 0.4) is 0 Å². The SMILES string of the molecule is COc1ccccc1-n1c2c(cc(C#N)c1=O)C(=O)CCC2. The standard InChI is InChI=1S/C17H14N2O3/c1-22-16-8-3-2-5-14(16)19-13-6-4-7-15(20)12(13)9-11(10-18)17(19)21/h2-3,5,8-9H,4,6-7H2,1H3. The Kier molecular flexibility index (Phi) is 3.51. The highest BCUT2D eigenvalue weighted by Gasteiger charge is 2.24. The maximum Gasteiger partial charge on any atom is 0.273 e. The van der Waals surface area contributed by atoms with Crippen molar-refractivity contribution in [2.24, 2.45) is 0 Å². The average Bonchev–Trinajstić information content (AvgIpc) is 2.55. The summed E-state index contributed by atoms with van der Waals surface area (Å²) in [5, 5.41) is 9.20. The molecule has 0 atom stereocenters. The molecule has 0 radical (unpaired) electrons. The molecule has 110 valence electrons. The number of para-hydroxylation sites is 2. The van der Waals surface area contributed by atoms with Crippen LogP contribution in [0.5, 0.6) is 5.75 Å². The van der Waals surface area contributed by atoms with E-state index in [1.54, 1.807) is 24.3 Å². The number of Topliss-reactive ketones (excluding diaryl/α,β-unsaturated/α-hetero) is 1. The Bertz CT molecular complexity index is 859. The van der Waals surface area contributed by atoms with Gasteiger partial charge in [0.05, 0.1) is 12.8 Å². The number of fused-ring (bicyclic) bond motifs is 1. The summed E-state index contributed by atoms with van der Waals surface area (Å²) in [4.78, 5) is 24.8. The number of methoxy groups -OCH3 is 1. The summed E-state index contributed by atoms with van der Waals surface area (Å²) in [5.41, 5.74) is 1.23. The zero-order valence-electron chi connectivity index (χ0n) is 12.1. The summed E-state index contributed by atoms with van der Waals surface area (Å²) in [6.45, 7) is 0. The second-order valence-electron chi connectivity index (χ2n) is 5.12. The van der Waals surface area contributed by atoms with Crippen molar-refractivity contribution in [3.63, 3.8) is 0 Å². The summed E-state index contributed by atoms with van der Waals surface area (Å²) in [5.74, 6) is 0.501. The number of hydrogen-bond acceptors (Lipinski definition) is 4. The lowest BCUT2D eigenvalue weighted by molar-refractivity contribution is 0.0971. The van der Waals surface area contributed by atoms with Crippen molar-refractivity contribution >= 4 is 5.78 Å². The Balaban J connectivity index is 2.41. The van der Waals surface area contributed by atoms with Crippen LogP contribution in [0.15, 0.2) is 35.1 Å². The van der Waals surface area contributed by atoms with Gasteiger partial charge in [-0.25, -0.2) is 0 Å². The molecule has 1 aromatic carbocycles. The molecule has 0 saturated carbocycles. The first-order valence-corrected chi connectivity index (χ1v) is 7.03. The van der Waals surface area contributed by atoms with Gasteiger partial charge in [-0.15, -0.1) is 0 Å². The lowest BCUT2D eigenvalue weighted by atomic mass is 9.93. The molecular weight excluding hydrogens is 280 g/mol. The summed E-state index contributed by atoms with van der Waals surface area (Å²) < 4.78 is 6.77. The third-order valence-corrected chi connectivity index (χ3v) is 3.87. The van der Waals surface area contributed by atoms with Crippen molar-refractivity contribution in [1.29, 1.82) is 5.26 Å². The zero-order valence-corrected chi connectivity index (χ0v) is 12.1. The molecule has 0 bridgehead atoms. The molecule has 1 aliphatic carbocycles. The van der Waals surface area contributed by atoms with Gasteiger partial charge in [0, 0.05) is 17.7 Å². The number of ketones is 1. The number of carbonyl (C=O) groups is 1. The van der Waals surface area contributed by atoms with Crippen LogP contribution in [0, 0.1) is 11.3 Å². The maximum atomic E-state index is 12.6. The number of hydrogen-bond donors (Lipinski definition) is 0. The second-order valence-corrected chi connectivity index (χ2v) is 5.12. The molecule has 3 rings (SSSR count). The Morgan fingerprint density at radius 3 is 2.73 bits per heavy atom. The van der Waals surface area contributed by atoms with Crippen LogP contribution in [0.1, 0.15) is 34.5 Å². The van der Waals surface area contributed by atoms with Gasteiger partial charge >= 0.3 is 0 Å². The molecule has 1 aromatic heterocycles. The van der Waals surface area contributed by atoms with Gasteiger partial charge in [-0.3, -0.25) is 14.2 Å². The van der Waals surface area contributed by atoms with Gasteiger partial charge in [0.2, 0.25) is 0 Å². The summed E-state index contributed by atoms with van der Waals surface area (Å²) in [6, 6.07) is 10.4. The second kappa shape index (κ2) is 5.49. The van der Waals surface area contributed by atoms with Crippen molar-refractivity contribution in [3.05, 3.63) is 57.5 Å². The van der Waals surface area contributed by atoms with Crippen LogP contribution < -0.4 is 10.3 Å². The van der Waals surface area contributed by atoms with Crippen molar-refractivity contribution in [2.45, 2.75) is 19.3 Å². The summed E-state index contributed by atoms with van der Waals surface area (Å²) >= 11 is 0. The quantitative estimate of drug-likeness (QED) is 0.851. The highest BCUT2D eigenvalue weighted by molar-refractivity contribution is 5.98. The smallest absolute Gasteiger partial charge is 0.273 e. The fraction of sp³-hybridized carbons (Fsp3) is 0.235. The van der Waals surface area contributed by atoms with Crippen molar-refractivity contribution in [1.82, 2.24) is 4.57 Å². The van der Waals surface area contributed by atoms with E-state index in [0.717, 1.165) is 0 Å². The van der Waals surface area contributed by atoms with Gasteiger partial charge < -0.3 is 4.74 Å². The van der Waals surface area contributed by atoms with Crippen molar-refractivity contribution in [3.8, 4) is 17.5 Å². The minimum Gasteiger partial charge on any atom is -0.495 e. The van der Waals surface area contributed by atoms with Crippen molar-refractivity contribution in [2.75, 3.05) is 7.11 Å². The van der Waals surface area contributed by atoms with E-state index in [-0.39, 0.29) is 11.3 Å². The molecule has 22 heavy (non-hydrogen) atoms. The summed E-state index contributed by atoms with van der Waals surface area (Å²) in [6.07, 6.45) is 1.77. The van der Waals surface area contributed by atoms with Crippen LogP contribution in [0.4, 0.5) is 0 Å². The lowest BCUT2D eigenvalue weighted by Crippen LogP contribution is -2.29. The predicted octanol–water partition coefficient (Wildman–Crippen LogP) is 2.24. The molecule has 5 nitrogen and oxygen atoms in total. The van der Waals surface area contributed by atoms with Crippen LogP contribution >= 0.6 is 0 Å². The van der Waals surface area contributed by atoms with Crippen LogP contribution in [-0.2, 0) is 6.42 Å². The van der Waals surface area contributed by atoms with Gasteiger partial charge in [-0.1, -0.05) is 12.1 Å². The monoisotopic (exact) mass is 294 g/mol. The Morgan fingerprint density at radius 1 is 1.23 bits per heavy atom. The number of ether oxygens (including phenoxy) is 1. The average molecular weight is 294 g/mol. The largest absolute Gasteiger partial charge is 0.495 e. The Hall–Kier alpha value is -2.87. The van der Waals surface area contributed by atoms with Crippen LogP contribution in [0.25, 0.3) is 5.69 Å². The molecule has 1 aliphatic rings. The van der Waals surface area contributed by atoms with E-state index in [1.165, 1.54) is 17.7 Å². The highest BCUT2D eigenvalue weighted by Crippen LogP contribution is 2.27. The van der Waals surface area contributed by atoms with E-state index in [4.69, 9.17) is 4.74 Å². The van der Waals surface area contributed by atoms with Gasteiger partial charge in [-0.2, -0.15) is 5.26 Å². The first-order valence-electron chi connectivity index (χ1n) is 7.03. The molecule has 0 N–H and O–H groups in total. The van der Waals surface area contributed by atoms with E-state index in [1.807, 2.05) is 6.07 Å². The Morgan fingerprint density at radius 2 is 2.00 bits per heavy atom. The van der Waals surface area contributed by atoms with Gasteiger partial charge in [0.1, 0.15) is 17.4 Å². The number of nitriles is 1. The van der Waals surface area contributed by atoms with E-state index in [9.17, 15) is 14.9 Å². The number of pyridine rings is 1. The number of benzene rings is 1. The van der Waals surface area contributed by atoms with Gasteiger partial charge in [-0.05, 0) is 31.0 Å². The molecule has 0 saturated heterocycles. The van der Waals surface area contributed by atoms with E-state index < -0.39 is 5.56 Å². The molecule has 1 heterocycles. The van der Waals surface area contributed by atoms with E-state index in [2.05, 4.69) is 0 Å². The number of aromatic nitrogens is 1. The third kappa shape index (κ3) is 2.09. The summed E-state index contributed by atoms with van der Waals surface area (Å²) in [7, 11) is 1.52. The number of carbonyl (C=O) groups excluding carboxylic acids is 1. The molecule has 0 amide bonds. The zero-order chi connectivity index (χ0) is 15.7. The first kappa shape index (κ1) is 14.1. The Labute approximate surface area is 127 Å². The topological polar surface area (TPSA) is 72.1 Å². The van der Waals surface area contributed by atoms with Gasteiger partial charge in [0.15, 0.2) is 5.78 Å². The molecule has 0 aliphatic heterocycles. The molecule has 5 heteroatoms. The lowest BCUT2D eigenvalue weighted by Gasteiger charge is -2.21. The first-order chi connectivity index (χ1) is 10.7. The van der Waals surface area contributed by atoms with E-state index >= 15 is 0 Å². The highest BCUT2D eigenvalue weighted by atomic mass is 16.5. The van der Waals surface area contributed by atoms with Gasteiger partial charge in [0.25, 0.3) is 5.56 Å². The third-order valence-electron chi connectivity index (χ3n) is 3.87. The van der Waals surface area contributed by atoms with Crippen LogP contribution in [-0.4, -0.2) is 17.5 Å².